The molecule has 0 radical (unpaired) electrons. The molecule has 3 rings (SSSR count). The highest BCUT2D eigenvalue weighted by molar-refractivity contribution is 14.0. The van der Waals surface area contributed by atoms with E-state index in [1.807, 2.05) is 9.80 Å². The molecule has 1 aliphatic heterocycles. The standard InChI is InChI=1S/C16H24N4O3.HI/c1-16(22,13-4-3-9-23-13)11-18-15(17-2)19-7-8-20(12-5-6-12)14(21)10-19;/h3-4,9,12,22H,5-8,10-11H2,1-2H3,(H,17,18);1H. The molecular weight excluding hydrogens is 423 g/mol. The van der Waals surface area contributed by atoms with Crippen LogP contribution in [0.1, 0.15) is 25.5 Å². The van der Waals surface area contributed by atoms with E-state index < -0.39 is 5.60 Å². The zero-order valence-corrected chi connectivity index (χ0v) is 16.4. The molecule has 1 unspecified atom stereocenters. The van der Waals surface area contributed by atoms with Crippen LogP contribution in [0.3, 0.4) is 0 Å². The van der Waals surface area contributed by atoms with Gasteiger partial charge in [-0.2, -0.15) is 0 Å². The van der Waals surface area contributed by atoms with E-state index in [2.05, 4.69) is 10.3 Å². The Bertz CT molecular complexity index is 584. The van der Waals surface area contributed by atoms with Crippen LogP contribution in [-0.4, -0.2) is 66.0 Å². The fourth-order valence-corrected chi connectivity index (χ4v) is 2.90. The van der Waals surface area contributed by atoms with Crippen molar-refractivity contribution < 1.29 is 14.3 Å². The number of nitrogens with one attached hydrogen (secondary N) is 1. The van der Waals surface area contributed by atoms with Crippen LogP contribution in [0.4, 0.5) is 0 Å². The van der Waals surface area contributed by atoms with Gasteiger partial charge in [-0.05, 0) is 31.9 Å². The quantitative estimate of drug-likeness (QED) is 0.408. The topological polar surface area (TPSA) is 81.3 Å². The van der Waals surface area contributed by atoms with Crippen LogP contribution in [0.25, 0.3) is 0 Å². The second kappa shape index (κ2) is 7.73. The van der Waals surface area contributed by atoms with Crippen molar-refractivity contribution in [3.63, 3.8) is 0 Å². The van der Waals surface area contributed by atoms with Gasteiger partial charge in [0.1, 0.15) is 11.4 Å². The van der Waals surface area contributed by atoms with Crippen molar-refractivity contribution in [2.45, 2.75) is 31.4 Å². The Labute approximate surface area is 159 Å². The molecule has 1 aromatic rings. The number of hydrogen-bond acceptors (Lipinski definition) is 4. The van der Waals surface area contributed by atoms with Gasteiger partial charge in [0.2, 0.25) is 5.91 Å². The number of aliphatic imine (C=N–C) groups is 1. The number of furan rings is 1. The van der Waals surface area contributed by atoms with Gasteiger partial charge in [0.05, 0.1) is 19.4 Å². The van der Waals surface area contributed by atoms with Crippen molar-refractivity contribution in [2.24, 2.45) is 4.99 Å². The van der Waals surface area contributed by atoms with Crippen molar-refractivity contribution in [3.8, 4) is 0 Å². The molecule has 1 saturated heterocycles. The molecule has 7 nitrogen and oxygen atoms in total. The van der Waals surface area contributed by atoms with Crippen LogP contribution in [0.15, 0.2) is 27.8 Å². The summed E-state index contributed by atoms with van der Waals surface area (Å²) >= 11 is 0. The highest BCUT2D eigenvalue weighted by atomic mass is 127. The van der Waals surface area contributed by atoms with Gasteiger partial charge >= 0.3 is 0 Å². The first kappa shape index (κ1) is 19.0. The third-order valence-electron chi connectivity index (χ3n) is 4.40. The number of hydrogen-bond donors (Lipinski definition) is 2. The highest BCUT2D eigenvalue weighted by Gasteiger charge is 2.36. The van der Waals surface area contributed by atoms with Gasteiger partial charge in [0.15, 0.2) is 5.96 Å². The largest absolute Gasteiger partial charge is 0.466 e. The van der Waals surface area contributed by atoms with E-state index in [0.29, 0.717) is 24.3 Å². The maximum Gasteiger partial charge on any atom is 0.242 e. The molecule has 1 aromatic heterocycles. The third kappa shape index (κ3) is 4.21. The lowest BCUT2D eigenvalue weighted by molar-refractivity contribution is -0.135. The van der Waals surface area contributed by atoms with Crippen LogP contribution in [0.2, 0.25) is 0 Å². The normalized spacial score (nSPS) is 21.3. The van der Waals surface area contributed by atoms with Crippen LogP contribution in [0, 0.1) is 0 Å². The second-order valence-electron chi connectivity index (χ2n) is 6.39. The summed E-state index contributed by atoms with van der Waals surface area (Å²) in [7, 11) is 1.68. The van der Waals surface area contributed by atoms with Gasteiger partial charge in [0.25, 0.3) is 0 Å². The first-order chi connectivity index (χ1) is 11.0. The van der Waals surface area contributed by atoms with Gasteiger partial charge in [-0.1, -0.05) is 0 Å². The van der Waals surface area contributed by atoms with E-state index in [1.165, 1.54) is 6.26 Å². The molecule has 2 aliphatic rings. The first-order valence-corrected chi connectivity index (χ1v) is 8.02. The van der Waals surface area contributed by atoms with Crippen molar-refractivity contribution >= 4 is 35.8 Å². The number of aliphatic hydroxyl groups is 1. The molecule has 24 heavy (non-hydrogen) atoms. The van der Waals surface area contributed by atoms with E-state index in [4.69, 9.17) is 4.42 Å². The Balaban J connectivity index is 0.00000208. The predicted molar refractivity (Wildman–Crippen MR) is 101 cm³/mol. The molecular formula is C16H25IN4O3. The van der Waals surface area contributed by atoms with Crippen LogP contribution < -0.4 is 5.32 Å². The monoisotopic (exact) mass is 448 g/mol. The molecule has 0 bridgehead atoms. The van der Waals surface area contributed by atoms with Crippen molar-refractivity contribution in [1.82, 2.24) is 15.1 Å². The van der Waals surface area contributed by atoms with Gasteiger partial charge in [0, 0.05) is 26.2 Å². The number of halogens is 1. The summed E-state index contributed by atoms with van der Waals surface area (Å²) in [6.45, 7) is 3.76. The Morgan fingerprint density at radius 1 is 1.50 bits per heavy atom. The molecule has 2 heterocycles. The summed E-state index contributed by atoms with van der Waals surface area (Å²) < 4.78 is 5.27. The number of piperazine rings is 1. The van der Waals surface area contributed by atoms with Gasteiger partial charge in [-0.15, -0.1) is 24.0 Å². The summed E-state index contributed by atoms with van der Waals surface area (Å²) in [5.41, 5.74) is -1.14. The van der Waals surface area contributed by atoms with Gasteiger partial charge < -0.3 is 24.6 Å². The molecule has 0 aromatic carbocycles. The predicted octanol–water partition coefficient (Wildman–Crippen LogP) is 0.987. The zero-order valence-electron chi connectivity index (χ0n) is 14.1. The van der Waals surface area contributed by atoms with Gasteiger partial charge in [-0.25, -0.2) is 0 Å². The Hall–Kier alpha value is -1.29. The minimum atomic E-state index is -1.14. The maximum absolute atomic E-state index is 12.2. The van der Waals surface area contributed by atoms with E-state index in [-0.39, 0.29) is 36.4 Å². The second-order valence-corrected chi connectivity index (χ2v) is 6.39. The highest BCUT2D eigenvalue weighted by Crippen LogP contribution is 2.28. The van der Waals surface area contributed by atoms with Crippen LogP contribution in [0.5, 0.6) is 0 Å². The molecule has 1 aliphatic carbocycles. The lowest BCUT2D eigenvalue weighted by Gasteiger charge is -2.36. The van der Waals surface area contributed by atoms with Crippen molar-refractivity contribution in [3.05, 3.63) is 24.2 Å². The zero-order chi connectivity index (χ0) is 16.4. The van der Waals surface area contributed by atoms with Crippen molar-refractivity contribution in [2.75, 3.05) is 33.2 Å². The molecule has 0 spiro atoms. The van der Waals surface area contributed by atoms with E-state index in [0.717, 1.165) is 25.9 Å². The summed E-state index contributed by atoms with van der Waals surface area (Å²) in [5.74, 6) is 1.27. The number of nitrogens with zero attached hydrogens (tertiary/aromatic N) is 3. The van der Waals surface area contributed by atoms with Gasteiger partial charge in [-0.3, -0.25) is 9.79 Å². The van der Waals surface area contributed by atoms with E-state index >= 15 is 0 Å². The molecule has 2 N–H and O–H groups in total. The molecule has 1 atom stereocenters. The lowest BCUT2D eigenvalue weighted by atomic mass is 10.0. The molecule has 2 fully saturated rings. The Morgan fingerprint density at radius 3 is 2.79 bits per heavy atom. The Morgan fingerprint density at radius 2 is 2.25 bits per heavy atom. The minimum absolute atomic E-state index is 0. The van der Waals surface area contributed by atoms with Crippen LogP contribution in [-0.2, 0) is 10.4 Å². The number of carbonyl (C=O) groups excluding carboxylic acids is 1. The van der Waals surface area contributed by atoms with E-state index in [9.17, 15) is 9.90 Å². The average molecular weight is 448 g/mol. The number of carbonyl (C=O) groups is 1. The number of amides is 1. The molecule has 8 heteroatoms. The minimum Gasteiger partial charge on any atom is -0.466 e. The fraction of sp³-hybridized carbons (Fsp3) is 0.625. The first-order valence-electron chi connectivity index (χ1n) is 8.02. The smallest absolute Gasteiger partial charge is 0.242 e. The lowest BCUT2D eigenvalue weighted by Crippen LogP contribution is -2.56. The summed E-state index contributed by atoms with van der Waals surface area (Å²) in [5, 5.41) is 13.6. The number of guanidine groups is 1. The number of rotatable bonds is 4. The van der Waals surface area contributed by atoms with Crippen LogP contribution >= 0.6 is 24.0 Å². The summed E-state index contributed by atoms with van der Waals surface area (Å²) in [4.78, 5) is 20.4. The molecule has 1 saturated carbocycles. The third-order valence-corrected chi connectivity index (χ3v) is 4.40. The average Bonchev–Trinajstić information content (AvgIpc) is 3.20. The fourth-order valence-electron chi connectivity index (χ4n) is 2.90. The molecule has 134 valence electrons. The van der Waals surface area contributed by atoms with E-state index in [1.54, 1.807) is 26.1 Å². The Kier molecular flexibility index (Phi) is 6.13. The summed E-state index contributed by atoms with van der Waals surface area (Å²) in [6.07, 6.45) is 3.80. The summed E-state index contributed by atoms with van der Waals surface area (Å²) in [6, 6.07) is 3.94. The molecule has 1 amide bonds. The SMILES string of the molecule is CN=C(NCC(C)(O)c1ccco1)N1CCN(C2CC2)C(=O)C1.I. The maximum atomic E-state index is 12.2. The van der Waals surface area contributed by atoms with Crippen molar-refractivity contribution in [1.29, 1.82) is 0 Å².